The molecule has 1 aromatic carbocycles. The lowest BCUT2D eigenvalue weighted by Crippen LogP contribution is -2.49. The van der Waals surface area contributed by atoms with Gasteiger partial charge in [0.05, 0.1) is 20.3 Å². The van der Waals surface area contributed by atoms with E-state index in [1.165, 1.54) is 0 Å². The van der Waals surface area contributed by atoms with Gasteiger partial charge in [0.15, 0.2) is 0 Å². The fraction of sp³-hybridized carbons (Fsp3) is 0.625. The molecule has 0 spiro atoms. The van der Waals surface area contributed by atoms with Crippen LogP contribution >= 0.6 is 0 Å². The second-order valence-electron chi connectivity index (χ2n) is 5.65. The molecular weight excluding hydrogens is 252 g/mol. The summed E-state index contributed by atoms with van der Waals surface area (Å²) in [5.74, 6) is 1.73. The Morgan fingerprint density at radius 3 is 2.30 bits per heavy atom. The molecule has 0 saturated carbocycles. The van der Waals surface area contributed by atoms with Crippen molar-refractivity contribution < 1.29 is 9.47 Å². The third-order valence-electron chi connectivity index (χ3n) is 4.02. The van der Waals surface area contributed by atoms with Gasteiger partial charge in [0.25, 0.3) is 0 Å². The van der Waals surface area contributed by atoms with E-state index in [-0.39, 0.29) is 11.6 Å². The molecule has 0 aromatic heterocycles. The van der Waals surface area contributed by atoms with Gasteiger partial charge < -0.3 is 19.7 Å². The molecule has 1 atom stereocenters. The van der Waals surface area contributed by atoms with Crippen LogP contribution in [0.25, 0.3) is 0 Å². The molecule has 1 aromatic rings. The average Bonchev–Trinajstić information content (AvgIpc) is 2.43. The molecule has 0 saturated heterocycles. The van der Waals surface area contributed by atoms with Crippen molar-refractivity contribution in [2.24, 2.45) is 0 Å². The van der Waals surface area contributed by atoms with E-state index in [9.17, 15) is 0 Å². The molecule has 4 heteroatoms. The second kappa shape index (κ2) is 6.95. The lowest BCUT2D eigenvalue weighted by Gasteiger charge is -2.41. The van der Waals surface area contributed by atoms with Crippen molar-refractivity contribution in [1.82, 2.24) is 10.2 Å². The molecule has 4 nitrogen and oxygen atoms in total. The first kappa shape index (κ1) is 16.8. The lowest BCUT2D eigenvalue weighted by molar-refractivity contribution is 0.137. The van der Waals surface area contributed by atoms with Gasteiger partial charge in [-0.05, 0) is 52.7 Å². The molecule has 1 unspecified atom stereocenters. The van der Waals surface area contributed by atoms with Crippen molar-refractivity contribution in [3.63, 3.8) is 0 Å². The van der Waals surface area contributed by atoms with Crippen molar-refractivity contribution in [1.29, 1.82) is 0 Å². The maximum Gasteiger partial charge on any atom is 0.123 e. The molecule has 0 fully saturated rings. The van der Waals surface area contributed by atoms with E-state index in [2.05, 4.69) is 51.1 Å². The molecule has 0 bridgehead atoms. The number of hydrogen-bond donors (Lipinski definition) is 1. The average molecular weight is 280 g/mol. The van der Waals surface area contributed by atoms with E-state index in [1.54, 1.807) is 14.2 Å². The van der Waals surface area contributed by atoms with E-state index < -0.39 is 0 Å². The third kappa shape index (κ3) is 3.44. The van der Waals surface area contributed by atoms with Crippen molar-refractivity contribution in [3.05, 3.63) is 23.8 Å². The van der Waals surface area contributed by atoms with Crippen LogP contribution in [0.5, 0.6) is 11.5 Å². The number of nitrogens with one attached hydrogen (secondary N) is 1. The maximum absolute atomic E-state index is 5.53. The molecule has 1 N–H and O–H groups in total. The minimum atomic E-state index is -0.0599. The van der Waals surface area contributed by atoms with Crippen molar-refractivity contribution in [2.45, 2.75) is 32.4 Å². The SMILES string of the molecule is CCNC(c1cc(OC)ccc1OC)C(C)(C)N(C)C. The van der Waals surface area contributed by atoms with E-state index in [0.29, 0.717) is 0 Å². The summed E-state index contributed by atoms with van der Waals surface area (Å²) in [6.07, 6.45) is 0. The Hall–Kier alpha value is -1.26. The van der Waals surface area contributed by atoms with E-state index >= 15 is 0 Å². The largest absolute Gasteiger partial charge is 0.497 e. The van der Waals surface area contributed by atoms with Gasteiger partial charge in [-0.15, -0.1) is 0 Å². The summed E-state index contributed by atoms with van der Waals surface area (Å²) < 4.78 is 10.9. The molecule has 0 amide bonds. The van der Waals surface area contributed by atoms with Crippen molar-refractivity contribution >= 4 is 0 Å². The van der Waals surface area contributed by atoms with Gasteiger partial charge in [-0.25, -0.2) is 0 Å². The number of likely N-dealkylation sites (N-methyl/N-ethyl adjacent to an activating group) is 2. The quantitative estimate of drug-likeness (QED) is 0.832. The first-order valence-electron chi connectivity index (χ1n) is 7.01. The number of nitrogens with zero attached hydrogens (tertiary/aromatic N) is 1. The third-order valence-corrected chi connectivity index (χ3v) is 4.02. The van der Waals surface area contributed by atoms with Crippen LogP contribution in [0.15, 0.2) is 18.2 Å². The normalized spacial score (nSPS) is 13.4. The first-order chi connectivity index (χ1) is 9.38. The molecule has 0 aliphatic rings. The lowest BCUT2D eigenvalue weighted by atomic mass is 9.86. The Morgan fingerprint density at radius 2 is 1.85 bits per heavy atom. The maximum atomic E-state index is 5.53. The highest BCUT2D eigenvalue weighted by Gasteiger charge is 2.34. The summed E-state index contributed by atoms with van der Waals surface area (Å²) >= 11 is 0. The van der Waals surface area contributed by atoms with Crippen LogP contribution < -0.4 is 14.8 Å². The summed E-state index contributed by atoms with van der Waals surface area (Å²) in [7, 11) is 7.58. The Labute approximate surface area is 123 Å². The molecule has 0 heterocycles. The highest BCUT2D eigenvalue weighted by atomic mass is 16.5. The highest BCUT2D eigenvalue weighted by Crippen LogP contribution is 2.36. The topological polar surface area (TPSA) is 33.7 Å². The van der Waals surface area contributed by atoms with Crippen LogP contribution in [0.1, 0.15) is 32.4 Å². The zero-order valence-electron chi connectivity index (χ0n) is 13.8. The molecular formula is C16H28N2O2. The summed E-state index contributed by atoms with van der Waals surface area (Å²) in [5.41, 5.74) is 1.06. The number of ether oxygens (including phenoxy) is 2. The van der Waals surface area contributed by atoms with Gasteiger partial charge in [0.2, 0.25) is 0 Å². The second-order valence-corrected chi connectivity index (χ2v) is 5.65. The highest BCUT2D eigenvalue weighted by molar-refractivity contribution is 5.43. The van der Waals surface area contributed by atoms with E-state index in [1.807, 2.05) is 12.1 Å². The van der Waals surface area contributed by atoms with Crippen LogP contribution in [0.3, 0.4) is 0 Å². The van der Waals surface area contributed by atoms with E-state index in [4.69, 9.17) is 9.47 Å². The van der Waals surface area contributed by atoms with Crippen LogP contribution in [0.4, 0.5) is 0 Å². The van der Waals surface area contributed by atoms with Gasteiger partial charge >= 0.3 is 0 Å². The number of benzene rings is 1. The molecule has 114 valence electrons. The molecule has 0 radical (unpaired) electrons. The van der Waals surface area contributed by atoms with Crippen LogP contribution in [-0.2, 0) is 0 Å². The van der Waals surface area contributed by atoms with Crippen LogP contribution in [0, 0.1) is 0 Å². The van der Waals surface area contributed by atoms with Gasteiger partial charge in [-0.1, -0.05) is 6.92 Å². The molecule has 20 heavy (non-hydrogen) atoms. The minimum Gasteiger partial charge on any atom is -0.497 e. The smallest absolute Gasteiger partial charge is 0.123 e. The zero-order chi connectivity index (χ0) is 15.3. The number of methoxy groups -OCH3 is 2. The first-order valence-corrected chi connectivity index (χ1v) is 7.01. The summed E-state index contributed by atoms with van der Waals surface area (Å²) in [6.45, 7) is 7.45. The van der Waals surface area contributed by atoms with Crippen molar-refractivity contribution in [2.75, 3.05) is 34.9 Å². The summed E-state index contributed by atoms with van der Waals surface area (Å²) in [4.78, 5) is 2.22. The van der Waals surface area contributed by atoms with E-state index in [0.717, 1.165) is 23.6 Å². The van der Waals surface area contributed by atoms with Crippen molar-refractivity contribution in [3.8, 4) is 11.5 Å². The Balaban J connectivity index is 3.33. The fourth-order valence-corrected chi connectivity index (χ4v) is 2.27. The minimum absolute atomic E-state index is 0.0599. The predicted molar refractivity (Wildman–Crippen MR) is 83.7 cm³/mol. The zero-order valence-corrected chi connectivity index (χ0v) is 13.8. The molecule has 1 rings (SSSR count). The van der Waals surface area contributed by atoms with Gasteiger partial charge in [0, 0.05) is 11.1 Å². The van der Waals surface area contributed by atoms with Gasteiger partial charge in [-0.2, -0.15) is 0 Å². The van der Waals surface area contributed by atoms with Gasteiger partial charge in [0.1, 0.15) is 11.5 Å². The monoisotopic (exact) mass is 280 g/mol. The van der Waals surface area contributed by atoms with Gasteiger partial charge in [-0.3, -0.25) is 0 Å². The number of rotatable bonds is 7. The fourth-order valence-electron chi connectivity index (χ4n) is 2.27. The Bertz CT molecular complexity index is 430. The molecule has 0 aliphatic heterocycles. The Kier molecular flexibility index (Phi) is 5.84. The predicted octanol–water partition coefficient (Wildman–Crippen LogP) is 2.69. The summed E-state index contributed by atoms with van der Waals surface area (Å²) in [5, 5.41) is 3.57. The number of hydrogen-bond acceptors (Lipinski definition) is 4. The molecule has 0 aliphatic carbocycles. The summed E-state index contributed by atoms with van der Waals surface area (Å²) in [6, 6.07) is 6.09. The van der Waals surface area contributed by atoms with Crippen LogP contribution in [0.2, 0.25) is 0 Å². The standard InChI is InChI=1S/C16H28N2O2/c1-8-17-15(16(2,3)18(4)5)13-11-12(19-6)9-10-14(13)20-7/h9-11,15,17H,8H2,1-7H3. The Morgan fingerprint density at radius 1 is 1.20 bits per heavy atom. The van der Waals surface area contributed by atoms with Crippen LogP contribution in [-0.4, -0.2) is 45.3 Å².